The Morgan fingerprint density at radius 1 is 1.12 bits per heavy atom. The molecular formula is C26H24ClN5O2. The Labute approximate surface area is 202 Å². The van der Waals surface area contributed by atoms with Gasteiger partial charge in [-0.1, -0.05) is 81.4 Å². The smallest absolute Gasteiger partial charge is 0.260 e. The van der Waals surface area contributed by atoms with E-state index in [0.717, 1.165) is 28.7 Å². The molecule has 0 atom stereocenters. The standard InChI is InChI=1S/C26H24ClN5O2/c1-15(29-14-34-28)16-9-11-17(12-10-16)19-13-20-23(31-25(26(2,3)4)32-24(20)33)30-22(19)18-7-5-6-8-21(18)27/h5-14H,1,28H2,2-4H3,(H,30,31,32,33)/b29-14-. The minimum Gasteiger partial charge on any atom is -0.399 e. The normalized spacial score (nSPS) is 11.8. The maximum absolute atomic E-state index is 13.0. The Kier molecular flexibility index (Phi) is 6.32. The van der Waals surface area contributed by atoms with Gasteiger partial charge in [-0.2, -0.15) is 5.90 Å². The molecular weight excluding hydrogens is 450 g/mol. The molecule has 0 fully saturated rings. The zero-order valence-corrected chi connectivity index (χ0v) is 19.8. The largest absolute Gasteiger partial charge is 0.399 e. The van der Waals surface area contributed by atoms with Crippen molar-refractivity contribution >= 4 is 34.7 Å². The van der Waals surface area contributed by atoms with E-state index in [-0.39, 0.29) is 11.0 Å². The second-order valence-corrected chi connectivity index (χ2v) is 9.20. The highest BCUT2D eigenvalue weighted by molar-refractivity contribution is 6.33. The third kappa shape index (κ3) is 4.62. The summed E-state index contributed by atoms with van der Waals surface area (Å²) in [5.41, 5.74) is 4.06. The molecule has 0 unspecified atom stereocenters. The number of halogens is 1. The predicted octanol–water partition coefficient (Wildman–Crippen LogP) is 5.49. The number of benzene rings is 2. The maximum Gasteiger partial charge on any atom is 0.260 e. The molecule has 0 saturated carbocycles. The number of H-pyrrole nitrogens is 1. The Bertz CT molecular complexity index is 1470. The van der Waals surface area contributed by atoms with Crippen LogP contribution in [0.2, 0.25) is 5.02 Å². The number of hydrogen-bond acceptors (Lipinski definition) is 6. The first-order chi connectivity index (χ1) is 16.2. The highest BCUT2D eigenvalue weighted by atomic mass is 35.5. The molecule has 7 nitrogen and oxygen atoms in total. The number of aromatic amines is 1. The van der Waals surface area contributed by atoms with Crippen molar-refractivity contribution in [2.45, 2.75) is 26.2 Å². The SMILES string of the molecule is C=C(/N=C\ON)c1ccc(-c2cc3c(=O)[nH]c(C(C)(C)C)nc3nc2-c2ccccc2Cl)cc1. The lowest BCUT2D eigenvalue weighted by Crippen LogP contribution is -2.22. The summed E-state index contributed by atoms with van der Waals surface area (Å²) in [4.78, 5) is 33.8. The average molecular weight is 474 g/mol. The molecule has 2 aromatic heterocycles. The first-order valence-corrected chi connectivity index (χ1v) is 10.9. The number of aromatic nitrogens is 3. The van der Waals surface area contributed by atoms with Crippen LogP contribution >= 0.6 is 11.6 Å². The second-order valence-electron chi connectivity index (χ2n) is 8.79. The van der Waals surface area contributed by atoms with E-state index in [1.165, 1.54) is 0 Å². The third-order valence-corrected chi connectivity index (χ3v) is 5.66. The molecule has 0 aliphatic heterocycles. The molecule has 0 spiro atoms. The molecule has 8 heteroatoms. The second kappa shape index (κ2) is 9.21. The zero-order valence-electron chi connectivity index (χ0n) is 19.1. The minimum atomic E-state index is -0.339. The van der Waals surface area contributed by atoms with Gasteiger partial charge < -0.3 is 9.82 Å². The topological polar surface area (TPSA) is 106 Å². The highest BCUT2D eigenvalue weighted by Crippen LogP contribution is 2.36. The van der Waals surface area contributed by atoms with Crippen LogP contribution in [0.15, 0.2) is 71.0 Å². The van der Waals surface area contributed by atoms with Crippen LogP contribution in [0.4, 0.5) is 0 Å². The van der Waals surface area contributed by atoms with Crippen molar-refractivity contribution in [1.29, 1.82) is 0 Å². The van der Waals surface area contributed by atoms with Crippen LogP contribution in [0.25, 0.3) is 39.1 Å². The van der Waals surface area contributed by atoms with Crippen molar-refractivity contribution < 1.29 is 4.84 Å². The summed E-state index contributed by atoms with van der Waals surface area (Å²) >= 11 is 6.54. The third-order valence-electron chi connectivity index (χ3n) is 5.33. The van der Waals surface area contributed by atoms with Crippen molar-refractivity contribution in [2.24, 2.45) is 10.9 Å². The number of nitrogens with zero attached hydrogens (tertiary/aromatic N) is 3. The number of nitrogens with two attached hydrogens (primary N) is 1. The fourth-order valence-corrected chi connectivity index (χ4v) is 3.73. The van der Waals surface area contributed by atoms with Crippen molar-refractivity contribution in [3.63, 3.8) is 0 Å². The Morgan fingerprint density at radius 2 is 1.82 bits per heavy atom. The predicted molar refractivity (Wildman–Crippen MR) is 138 cm³/mol. The molecule has 2 aromatic carbocycles. The lowest BCUT2D eigenvalue weighted by Gasteiger charge is -2.18. The monoisotopic (exact) mass is 473 g/mol. The number of hydrogen-bond donors (Lipinski definition) is 2. The summed E-state index contributed by atoms with van der Waals surface area (Å²) < 4.78 is 0. The van der Waals surface area contributed by atoms with Gasteiger partial charge in [0, 0.05) is 21.6 Å². The van der Waals surface area contributed by atoms with E-state index in [0.29, 0.717) is 33.3 Å². The number of pyridine rings is 1. The van der Waals surface area contributed by atoms with Crippen LogP contribution in [0.3, 0.4) is 0 Å². The van der Waals surface area contributed by atoms with Crippen molar-refractivity contribution in [1.82, 2.24) is 15.0 Å². The molecule has 2 heterocycles. The van der Waals surface area contributed by atoms with Gasteiger partial charge in [0.15, 0.2) is 5.65 Å². The van der Waals surface area contributed by atoms with Crippen molar-refractivity contribution in [3.05, 3.63) is 87.9 Å². The lowest BCUT2D eigenvalue weighted by molar-refractivity contribution is 0.338. The Balaban J connectivity index is 1.95. The van der Waals surface area contributed by atoms with Crippen LogP contribution in [0.5, 0.6) is 0 Å². The number of fused-ring (bicyclic) bond motifs is 1. The quantitative estimate of drug-likeness (QED) is 0.226. The molecule has 0 saturated heterocycles. The summed E-state index contributed by atoms with van der Waals surface area (Å²) in [6.07, 6.45) is 1.12. The zero-order chi connectivity index (χ0) is 24.5. The van der Waals surface area contributed by atoms with E-state index < -0.39 is 0 Å². The first kappa shape index (κ1) is 23.4. The maximum atomic E-state index is 13.0. The first-order valence-electron chi connectivity index (χ1n) is 10.6. The van der Waals surface area contributed by atoms with E-state index in [9.17, 15) is 4.79 Å². The number of rotatable bonds is 5. The highest BCUT2D eigenvalue weighted by Gasteiger charge is 2.21. The summed E-state index contributed by atoms with van der Waals surface area (Å²) in [6, 6.07) is 16.8. The van der Waals surface area contributed by atoms with Crippen LogP contribution in [-0.4, -0.2) is 21.4 Å². The van der Waals surface area contributed by atoms with Crippen LogP contribution in [-0.2, 0) is 10.3 Å². The molecule has 4 aromatic rings. The van der Waals surface area contributed by atoms with E-state index >= 15 is 0 Å². The van der Waals surface area contributed by atoms with Gasteiger partial charge in [-0.3, -0.25) is 4.79 Å². The lowest BCUT2D eigenvalue weighted by atomic mass is 9.95. The molecule has 172 valence electrons. The fourth-order valence-electron chi connectivity index (χ4n) is 3.51. The van der Waals surface area contributed by atoms with Crippen LogP contribution < -0.4 is 11.5 Å². The molecule has 0 aliphatic carbocycles. The minimum absolute atomic E-state index is 0.240. The Morgan fingerprint density at radius 3 is 2.47 bits per heavy atom. The van der Waals surface area contributed by atoms with Crippen LogP contribution in [0.1, 0.15) is 32.2 Å². The summed E-state index contributed by atoms with van der Waals surface area (Å²) in [7, 11) is 0. The molecule has 0 aliphatic rings. The van der Waals surface area contributed by atoms with Gasteiger partial charge in [0.2, 0.25) is 6.40 Å². The Hall–Kier alpha value is -3.81. The van der Waals surface area contributed by atoms with E-state index in [4.69, 9.17) is 22.5 Å². The molecule has 0 amide bonds. The molecule has 34 heavy (non-hydrogen) atoms. The van der Waals surface area contributed by atoms with E-state index in [1.54, 1.807) is 0 Å². The molecule has 0 radical (unpaired) electrons. The van der Waals surface area contributed by atoms with Crippen molar-refractivity contribution in [3.8, 4) is 22.4 Å². The van der Waals surface area contributed by atoms with Gasteiger partial charge in [0.05, 0.1) is 16.8 Å². The summed E-state index contributed by atoms with van der Waals surface area (Å²) in [5, 5.41) is 0.953. The van der Waals surface area contributed by atoms with Crippen LogP contribution in [0, 0.1) is 0 Å². The molecule has 3 N–H and O–H groups in total. The van der Waals surface area contributed by atoms with Gasteiger partial charge in [-0.15, -0.1) is 0 Å². The molecule has 0 bridgehead atoms. The number of nitrogens with one attached hydrogen (secondary N) is 1. The van der Waals surface area contributed by atoms with Gasteiger partial charge in [-0.25, -0.2) is 15.0 Å². The molecule has 4 rings (SSSR count). The van der Waals surface area contributed by atoms with Gasteiger partial charge in [0.25, 0.3) is 5.56 Å². The summed E-state index contributed by atoms with van der Waals surface area (Å²) in [5.74, 6) is 5.56. The number of aliphatic imine (C=N–C) groups is 1. The van der Waals surface area contributed by atoms with Gasteiger partial charge >= 0.3 is 0 Å². The van der Waals surface area contributed by atoms with Gasteiger partial charge in [-0.05, 0) is 23.3 Å². The summed E-state index contributed by atoms with van der Waals surface area (Å²) in [6.45, 7) is 9.86. The van der Waals surface area contributed by atoms with Gasteiger partial charge in [0.1, 0.15) is 5.82 Å². The fraction of sp³-hybridized carbons (Fsp3) is 0.154. The van der Waals surface area contributed by atoms with E-state index in [2.05, 4.69) is 26.4 Å². The average Bonchev–Trinajstić information content (AvgIpc) is 2.81. The van der Waals surface area contributed by atoms with E-state index in [1.807, 2.05) is 75.4 Å². The van der Waals surface area contributed by atoms with Crippen molar-refractivity contribution in [2.75, 3.05) is 0 Å².